The molecule has 5 heteroatoms. The van der Waals surface area contributed by atoms with Gasteiger partial charge in [-0.1, -0.05) is 24.2 Å². The second-order valence-electron chi connectivity index (χ2n) is 7.04. The maximum absolute atomic E-state index is 9.78. The van der Waals surface area contributed by atoms with E-state index in [1.807, 2.05) is 50.2 Å². The predicted molar refractivity (Wildman–Crippen MR) is 103 cm³/mol. The standard InChI is InChI=1S/C21H27N3O2/c1-4-12-24(14-17-9-10-17)20(23-25)19-11-8-16(3)22-21(19)26-18-7-5-6-15(2)13-18/h5-8,11,13,17,25H,4,9-10,12,14H2,1-3H3/b23-20-. The van der Waals surface area contributed by atoms with Crippen molar-refractivity contribution in [3.63, 3.8) is 0 Å². The van der Waals surface area contributed by atoms with Gasteiger partial charge < -0.3 is 14.8 Å². The van der Waals surface area contributed by atoms with Crippen LogP contribution in [0.1, 0.15) is 43.0 Å². The topological polar surface area (TPSA) is 58.0 Å². The molecule has 1 heterocycles. The van der Waals surface area contributed by atoms with Crippen molar-refractivity contribution in [2.75, 3.05) is 13.1 Å². The summed E-state index contributed by atoms with van der Waals surface area (Å²) in [7, 11) is 0. The van der Waals surface area contributed by atoms with E-state index in [4.69, 9.17) is 4.74 Å². The number of amidine groups is 1. The van der Waals surface area contributed by atoms with Crippen LogP contribution >= 0.6 is 0 Å². The summed E-state index contributed by atoms with van der Waals surface area (Å²) >= 11 is 0. The van der Waals surface area contributed by atoms with E-state index in [1.165, 1.54) is 12.8 Å². The predicted octanol–water partition coefficient (Wildman–Crippen LogP) is 4.75. The number of aromatic nitrogens is 1. The van der Waals surface area contributed by atoms with Crippen molar-refractivity contribution in [1.29, 1.82) is 0 Å². The minimum Gasteiger partial charge on any atom is -0.438 e. The van der Waals surface area contributed by atoms with E-state index in [9.17, 15) is 5.21 Å². The van der Waals surface area contributed by atoms with E-state index in [2.05, 4.69) is 22.0 Å². The summed E-state index contributed by atoms with van der Waals surface area (Å²) in [6, 6.07) is 11.7. The third-order valence-electron chi connectivity index (χ3n) is 4.51. The fraction of sp³-hybridized carbons (Fsp3) is 0.429. The Morgan fingerprint density at radius 3 is 2.73 bits per heavy atom. The van der Waals surface area contributed by atoms with Gasteiger partial charge >= 0.3 is 0 Å². The largest absolute Gasteiger partial charge is 0.438 e. The minimum atomic E-state index is 0.473. The first-order valence-electron chi connectivity index (χ1n) is 9.30. The zero-order valence-corrected chi connectivity index (χ0v) is 15.8. The van der Waals surface area contributed by atoms with Crippen LogP contribution in [0.15, 0.2) is 41.6 Å². The zero-order valence-electron chi connectivity index (χ0n) is 15.8. The highest BCUT2D eigenvalue weighted by molar-refractivity contribution is 6.00. The van der Waals surface area contributed by atoms with Gasteiger partial charge in [0.2, 0.25) is 5.88 Å². The van der Waals surface area contributed by atoms with Gasteiger partial charge in [-0.05, 0) is 68.9 Å². The normalized spacial score (nSPS) is 14.3. The molecule has 1 aromatic carbocycles. The van der Waals surface area contributed by atoms with E-state index in [1.54, 1.807) is 0 Å². The van der Waals surface area contributed by atoms with Crippen molar-refractivity contribution in [2.24, 2.45) is 11.1 Å². The maximum Gasteiger partial charge on any atom is 0.230 e. The molecular weight excluding hydrogens is 326 g/mol. The molecule has 1 aliphatic carbocycles. The maximum atomic E-state index is 9.78. The molecule has 1 fully saturated rings. The highest BCUT2D eigenvalue weighted by atomic mass is 16.5. The molecule has 0 unspecified atom stereocenters. The van der Waals surface area contributed by atoms with Gasteiger partial charge in [0, 0.05) is 18.8 Å². The third kappa shape index (κ3) is 4.54. The van der Waals surface area contributed by atoms with E-state index >= 15 is 0 Å². The van der Waals surface area contributed by atoms with Crippen LogP contribution in [0.4, 0.5) is 0 Å². The van der Waals surface area contributed by atoms with Crippen LogP contribution < -0.4 is 4.74 Å². The Balaban J connectivity index is 1.94. The van der Waals surface area contributed by atoms with Crippen LogP contribution in [0.5, 0.6) is 11.6 Å². The molecule has 1 saturated carbocycles. The van der Waals surface area contributed by atoms with Crippen molar-refractivity contribution in [2.45, 2.75) is 40.0 Å². The van der Waals surface area contributed by atoms with Crippen LogP contribution in [-0.4, -0.2) is 34.0 Å². The number of oxime groups is 1. The summed E-state index contributed by atoms with van der Waals surface area (Å²) in [5.41, 5.74) is 2.70. The lowest BCUT2D eigenvalue weighted by molar-refractivity contribution is 0.296. The summed E-state index contributed by atoms with van der Waals surface area (Å²) in [4.78, 5) is 6.71. The van der Waals surface area contributed by atoms with Crippen LogP contribution in [0.3, 0.4) is 0 Å². The Hall–Kier alpha value is -2.56. The van der Waals surface area contributed by atoms with Gasteiger partial charge in [-0.15, -0.1) is 0 Å². The lowest BCUT2D eigenvalue weighted by Crippen LogP contribution is -2.34. The molecule has 0 atom stereocenters. The first-order valence-corrected chi connectivity index (χ1v) is 9.30. The Morgan fingerprint density at radius 2 is 2.08 bits per heavy atom. The van der Waals surface area contributed by atoms with Crippen LogP contribution in [0.2, 0.25) is 0 Å². The monoisotopic (exact) mass is 353 g/mol. The molecular formula is C21H27N3O2. The molecule has 2 aromatic rings. The van der Waals surface area contributed by atoms with Gasteiger partial charge in [0.1, 0.15) is 5.75 Å². The molecule has 0 saturated heterocycles. The molecule has 0 spiro atoms. The molecule has 0 amide bonds. The van der Waals surface area contributed by atoms with Gasteiger partial charge in [-0.3, -0.25) is 0 Å². The van der Waals surface area contributed by atoms with Gasteiger partial charge in [-0.25, -0.2) is 4.98 Å². The summed E-state index contributed by atoms with van der Waals surface area (Å²) in [5.74, 6) is 2.43. The van der Waals surface area contributed by atoms with Gasteiger partial charge in [0.25, 0.3) is 0 Å². The average Bonchev–Trinajstić information content (AvgIpc) is 3.41. The van der Waals surface area contributed by atoms with Gasteiger partial charge in [0.15, 0.2) is 5.84 Å². The van der Waals surface area contributed by atoms with Crippen molar-refractivity contribution in [1.82, 2.24) is 9.88 Å². The molecule has 1 aliphatic rings. The first-order chi connectivity index (χ1) is 12.6. The second kappa shape index (κ2) is 8.21. The van der Waals surface area contributed by atoms with Gasteiger partial charge in [0.05, 0.1) is 5.56 Å². The Labute approximate surface area is 155 Å². The highest BCUT2D eigenvalue weighted by Crippen LogP contribution is 2.32. The highest BCUT2D eigenvalue weighted by Gasteiger charge is 2.28. The van der Waals surface area contributed by atoms with Crippen molar-refractivity contribution in [3.05, 3.63) is 53.2 Å². The summed E-state index contributed by atoms with van der Waals surface area (Å²) in [6.45, 7) is 7.83. The molecule has 5 nitrogen and oxygen atoms in total. The number of aryl methyl sites for hydroxylation is 2. The number of pyridine rings is 1. The lowest BCUT2D eigenvalue weighted by atomic mass is 10.2. The fourth-order valence-electron chi connectivity index (χ4n) is 3.02. The Morgan fingerprint density at radius 1 is 1.27 bits per heavy atom. The molecule has 1 N–H and O–H groups in total. The number of hydrogen-bond donors (Lipinski definition) is 1. The summed E-state index contributed by atoms with van der Waals surface area (Å²) < 4.78 is 6.07. The Kier molecular flexibility index (Phi) is 5.76. The summed E-state index contributed by atoms with van der Waals surface area (Å²) in [6.07, 6.45) is 3.48. The number of hydrogen-bond acceptors (Lipinski definition) is 4. The quantitative estimate of drug-likeness (QED) is 0.338. The van der Waals surface area contributed by atoms with E-state index in [0.29, 0.717) is 23.2 Å². The first kappa shape index (κ1) is 18.2. The third-order valence-corrected chi connectivity index (χ3v) is 4.51. The van der Waals surface area contributed by atoms with E-state index in [0.717, 1.165) is 36.5 Å². The molecule has 1 aromatic heterocycles. The molecule has 0 bridgehead atoms. The van der Waals surface area contributed by atoms with Crippen molar-refractivity contribution >= 4 is 5.84 Å². The number of nitrogens with zero attached hydrogens (tertiary/aromatic N) is 3. The molecule has 26 heavy (non-hydrogen) atoms. The Bertz CT molecular complexity index is 785. The summed E-state index contributed by atoms with van der Waals surface area (Å²) in [5, 5.41) is 13.4. The van der Waals surface area contributed by atoms with Crippen LogP contribution in [0.25, 0.3) is 0 Å². The zero-order chi connectivity index (χ0) is 18.5. The number of benzene rings is 1. The SMILES string of the molecule is CCCN(CC1CC1)/C(=N\O)c1ccc(C)nc1Oc1cccc(C)c1. The van der Waals surface area contributed by atoms with Gasteiger partial charge in [-0.2, -0.15) is 0 Å². The lowest BCUT2D eigenvalue weighted by Gasteiger charge is -2.25. The second-order valence-corrected chi connectivity index (χ2v) is 7.04. The van der Waals surface area contributed by atoms with Crippen molar-refractivity contribution in [3.8, 4) is 11.6 Å². The van der Waals surface area contributed by atoms with E-state index in [-0.39, 0.29) is 0 Å². The van der Waals surface area contributed by atoms with Crippen molar-refractivity contribution < 1.29 is 9.94 Å². The molecule has 138 valence electrons. The average molecular weight is 353 g/mol. The van der Waals surface area contributed by atoms with E-state index < -0.39 is 0 Å². The minimum absolute atomic E-state index is 0.473. The van der Waals surface area contributed by atoms with Crippen LogP contribution in [0, 0.1) is 19.8 Å². The smallest absolute Gasteiger partial charge is 0.230 e. The number of ether oxygens (including phenoxy) is 1. The molecule has 0 aliphatic heterocycles. The molecule has 0 radical (unpaired) electrons. The van der Waals surface area contributed by atoms with Crippen LogP contribution in [-0.2, 0) is 0 Å². The fourth-order valence-corrected chi connectivity index (χ4v) is 3.02. The molecule has 3 rings (SSSR count). The number of rotatable bonds is 7.